The van der Waals surface area contributed by atoms with Crippen molar-refractivity contribution in [2.24, 2.45) is 11.1 Å². The molecular formula is C8H16N2O3. The standard InChI is InChI=1S/C8H16N2O3/c1-3-8(2,7(12)13)5-10-6(11)4-9/h3-5,9H2,1-2H3,(H,10,11)(H,12,13). The lowest BCUT2D eigenvalue weighted by molar-refractivity contribution is -0.148. The summed E-state index contributed by atoms with van der Waals surface area (Å²) in [7, 11) is 0. The first kappa shape index (κ1) is 11.9. The van der Waals surface area contributed by atoms with E-state index in [4.69, 9.17) is 10.8 Å². The molecule has 76 valence electrons. The highest BCUT2D eigenvalue weighted by Gasteiger charge is 2.31. The number of hydrogen-bond donors (Lipinski definition) is 3. The molecule has 0 aromatic carbocycles. The SMILES string of the molecule is CCC(C)(CNC(=O)CN)C(=O)O. The Labute approximate surface area is 77.3 Å². The molecule has 0 aliphatic heterocycles. The molecule has 1 amide bonds. The number of carbonyl (C=O) groups is 2. The first-order chi connectivity index (χ1) is 5.96. The fourth-order valence-corrected chi connectivity index (χ4v) is 0.718. The molecule has 13 heavy (non-hydrogen) atoms. The number of nitrogens with two attached hydrogens (primary N) is 1. The zero-order valence-corrected chi connectivity index (χ0v) is 7.96. The molecule has 0 aromatic rings. The van der Waals surface area contributed by atoms with Crippen LogP contribution < -0.4 is 11.1 Å². The second-order valence-electron chi connectivity index (χ2n) is 3.20. The Hall–Kier alpha value is -1.10. The second-order valence-corrected chi connectivity index (χ2v) is 3.20. The van der Waals surface area contributed by atoms with Crippen LogP contribution in [0.4, 0.5) is 0 Å². The molecule has 0 spiro atoms. The zero-order valence-electron chi connectivity index (χ0n) is 7.96. The van der Waals surface area contributed by atoms with E-state index in [-0.39, 0.29) is 19.0 Å². The van der Waals surface area contributed by atoms with Crippen molar-refractivity contribution in [2.75, 3.05) is 13.1 Å². The number of aliphatic carboxylic acids is 1. The number of carboxylic acids is 1. The van der Waals surface area contributed by atoms with E-state index in [1.165, 1.54) is 0 Å². The van der Waals surface area contributed by atoms with Crippen LogP contribution in [0.3, 0.4) is 0 Å². The van der Waals surface area contributed by atoms with Gasteiger partial charge in [-0.05, 0) is 13.3 Å². The summed E-state index contributed by atoms with van der Waals surface area (Å²) in [4.78, 5) is 21.5. The first-order valence-electron chi connectivity index (χ1n) is 4.16. The minimum atomic E-state index is -0.910. The maximum atomic E-state index is 10.8. The predicted molar refractivity (Wildman–Crippen MR) is 48.1 cm³/mol. The summed E-state index contributed by atoms with van der Waals surface area (Å²) >= 11 is 0. The molecule has 0 fully saturated rings. The molecular weight excluding hydrogens is 172 g/mol. The molecule has 5 nitrogen and oxygen atoms in total. The normalized spacial score (nSPS) is 14.7. The Morgan fingerprint density at radius 2 is 2.08 bits per heavy atom. The van der Waals surface area contributed by atoms with Crippen LogP contribution in [0.25, 0.3) is 0 Å². The lowest BCUT2D eigenvalue weighted by Gasteiger charge is -2.22. The number of carbonyl (C=O) groups excluding carboxylic acids is 1. The Kier molecular flexibility index (Phi) is 4.40. The van der Waals surface area contributed by atoms with Crippen LogP contribution in [0.2, 0.25) is 0 Å². The smallest absolute Gasteiger partial charge is 0.311 e. The molecule has 0 aliphatic carbocycles. The number of hydrogen-bond acceptors (Lipinski definition) is 3. The summed E-state index contributed by atoms with van der Waals surface area (Å²) in [5, 5.41) is 11.3. The summed E-state index contributed by atoms with van der Waals surface area (Å²) in [5.41, 5.74) is 4.16. The Balaban J connectivity index is 4.13. The van der Waals surface area contributed by atoms with Crippen molar-refractivity contribution in [1.82, 2.24) is 5.32 Å². The van der Waals surface area contributed by atoms with Crippen molar-refractivity contribution in [3.63, 3.8) is 0 Å². The Morgan fingerprint density at radius 3 is 2.38 bits per heavy atom. The topological polar surface area (TPSA) is 92.4 Å². The highest BCUT2D eigenvalue weighted by molar-refractivity contribution is 5.79. The average Bonchev–Trinajstić information content (AvgIpc) is 2.13. The van der Waals surface area contributed by atoms with Crippen LogP contribution >= 0.6 is 0 Å². The molecule has 1 atom stereocenters. The van der Waals surface area contributed by atoms with E-state index in [1.54, 1.807) is 13.8 Å². The number of carboxylic acid groups (broad SMARTS) is 1. The predicted octanol–water partition coefficient (Wildman–Crippen LogP) is -0.438. The molecule has 0 saturated carbocycles. The lowest BCUT2D eigenvalue weighted by Crippen LogP contribution is -2.42. The molecule has 0 bridgehead atoms. The summed E-state index contributed by atoms with van der Waals surface area (Å²) in [5.74, 6) is -1.24. The van der Waals surface area contributed by atoms with E-state index in [0.29, 0.717) is 6.42 Å². The maximum absolute atomic E-state index is 10.8. The minimum Gasteiger partial charge on any atom is -0.481 e. The van der Waals surface area contributed by atoms with Gasteiger partial charge in [0.15, 0.2) is 0 Å². The van der Waals surface area contributed by atoms with Gasteiger partial charge >= 0.3 is 5.97 Å². The van der Waals surface area contributed by atoms with E-state index in [9.17, 15) is 9.59 Å². The molecule has 5 heteroatoms. The number of nitrogens with one attached hydrogen (secondary N) is 1. The third-order valence-corrected chi connectivity index (χ3v) is 2.16. The molecule has 4 N–H and O–H groups in total. The molecule has 0 aromatic heterocycles. The largest absolute Gasteiger partial charge is 0.481 e. The molecule has 0 saturated heterocycles. The van der Waals surface area contributed by atoms with Crippen LogP contribution in [-0.2, 0) is 9.59 Å². The summed E-state index contributed by atoms with van der Waals surface area (Å²) in [6.45, 7) is 3.36. The quantitative estimate of drug-likeness (QED) is 0.545. The van der Waals surface area contributed by atoms with Gasteiger partial charge in [-0.15, -0.1) is 0 Å². The van der Waals surface area contributed by atoms with Gasteiger partial charge < -0.3 is 16.2 Å². The molecule has 0 heterocycles. The van der Waals surface area contributed by atoms with Crippen LogP contribution in [0.5, 0.6) is 0 Å². The van der Waals surface area contributed by atoms with E-state index in [2.05, 4.69) is 5.32 Å². The van der Waals surface area contributed by atoms with Gasteiger partial charge in [-0.3, -0.25) is 9.59 Å². The summed E-state index contributed by atoms with van der Waals surface area (Å²) in [6.07, 6.45) is 0.465. The van der Waals surface area contributed by atoms with Crippen LogP contribution in [0.15, 0.2) is 0 Å². The van der Waals surface area contributed by atoms with Gasteiger partial charge in [-0.2, -0.15) is 0 Å². The van der Waals surface area contributed by atoms with Crippen LogP contribution in [0.1, 0.15) is 20.3 Å². The maximum Gasteiger partial charge on any atom is 0.311 e. The third kappa shape index (κ3) is 3.42. The van der Waals surface area contributed by atoms with Gasteiger partial charge in [0, 0.05) is 6.54 Å². The van der Waals surface area contributed by atoms with Crippen molar-refractivity contribution in [1.29, 1.82) is 0 Å². The fraction of sp³-hybridized carbons (Fsp3) is 0.750. The zero-order chi connectivity index (χ0) is 10.5. The first-order valence-corrected chi connectivity index (χ1v) is 4.16. The summed E-state index contributed by atoms with van der Waals surface area (Å²) in [6, 6.07) is 0. The van der Waals surface area contributed by atoms with E-state index in [0.717, 1.165) is 0 Å². The molecule has 0 radical (unpaired) electrons. The second kappa shape index (κ2) is 4.81. The minimum absolute atomic E-state index is 0.112. The van der Waals surface area contributed by atoms with Gasteiger partial charge in [0.25, 0.3) is 0 Å². The highest BCUT2D eigenvalue weighted by atomic mass is 16.4. The van der Waals surface area contributed by atoms with Gasteiger partial charge in [0.1, 0.15) is 0 Å². The van der Waals surface area contributed by atoms with Crippen LogP contribution in [-0.4, -0.2) is 30.1 Å². The lowest BCUT2D eigenvalue weighted by atomic mass is 9.88. The monoisotopic (exact) mass is 188 g/mol. The van der Waals surface area contributed by atoms with Crippen molar-refractivity contribution in [3.8, 4) is 0 Å². The fourth-order valence-electron chi connectivity index (χ4n) is 0.718. The van der Waals surface area contributed by atoms with Gasteiger partial charge in [-0.25, -0.2) is 0 Å². The molecule has 0 aliphatic rings. The Bertz CT molecular complexity index is 206. The van der Waals surface area contributed by atoms with Gasteiger partial charge in [0.05, 0.1) is 12.0 Å². The number of amides is 1. The van der Waals surface area contributed by atoms with Crippen molar-refractivity contribution < 1.29 is 14.7 Å². The average molecular weight is 188 g/mol. The summed E-state index contributed by atoms with van der Waals surface area (Å²) < 4.78 is 0. The van der Waals surface area contributed by atoms with Gasteiger partial charge in [-0.1, -0.05) is 6.92 Å². The van der Waals surface area contributed by atoms with E-state index >= 15 is 0 Å². The van der Waals surface area contributed by atoms with Crippen molar-refractivity contribution >= 4 is 11.9 Å². The Morgan fingerprint density at radius 1 is 1.54 bits per heavy atom. The van der Waals surface area contributed by atoms with Crippen LogP contribution in [0, 0.1) is 5.41 Å². The van der Waals surface area contributed by atoms with Crippen molar-refractivity contribution in [3.05, 3.63) is 0 Å². The number of rotatable bonds is 5. The van der Waals surface area contributed by atoms with Crippen molar-refractivity contribution in [2.45, 2.75) is 20.3 Å². The van der Waals surface area contributed by atoms with Gasteiger partial charge in [0.2, 0.25) is 5.91 Å². The van der Waals surface area contributed by atoms with E-state index in [1.807, 2.05) is 0 Å². The van der Waals surface area contributed by atoms with E-state index < -0.39 is 11.4 Å². The third-order valence-electron chi connectivity index (χ3n) is 2.16. The molecule has 1 unspecified atom stereocenters. The molecule has 0 rings (SSSR count). The highest BCUT2D eigenvalue weighted by Crippen LogP contribution is 2.19.